The molecule has 0 saturated heterocycles. The fourth-order valence-electron chi connectivity index (χ4n) is 1.19. The summed E-state index contributed by atoms with van der Waals surface area (Å²) in [6.07, 6.45) is -5.65. The zero-order chi connectivity index (χ0) is 14.1. The molecule has 8 heteroatoms. The maximum atomic E-state index is 13.1. The Hall–Kier alpha value is -0.560. The molecule has 1 rings (SSSR count). The van der Waals surface area contributed by atoms with Crippen LogP contribution >= 0.6 is 27.5 Å². The first kappa shape index (κ1) is 15.5. The Kier molecular flexibility index (Phi) is 4.48. The smallest absolute Gasteiger partial charge is 0.454 e. The Balaban J connectivity index is 3.12. The van der Waals surface area contributed by atoms with Gasteiger partial charge in [-0.15, -0.1) is 0 Å². The van der Waals surface area contributed by atoms with Crippen molar-refractivity contribution in [2.45, 2.75) is 16.9 Å². The SMILES string of the molecule is COc1ccc(C(Br)C(F)(F)C(F)(F)F)cc1Cl. The van der Waals surface area contributed by atoms with Gasteiger partial charge in [0.1, 0.15) is 10.6 Å². The van der Waals surface area contributed by atoms with Crippen LogP contribution in [0, 0.1) is 0 Å². The van der Waals surface area contributed by atoms with Gasteiger partial charge in [-0.1, -0.05) is 33.6 Å². The van der Waals surface area contributed by atoms with E-state index in [0.29, 0.717) is 0 Å². The first-order valence-corrected chi connectivity index (χ1v) is 5.82. The van der Waals surface area contributed by atoms with Crippen LogP contribution in [0.1, 0.15) is 10.4 Å². The van der Waals surface area contributed by atoms with Gasteiger partial charge in [0, 0.05) is 0 Å². The minimum Gasteiger partial charge on any atom is -0.495 e. The highest BCUT2D eigenvalue weighted by atomic mass is 79.9. The maximum absolute atomic E-state index is 13.1. The lowest BCUT2D eigenvalue weighted by atomic mass is 10.1. The van der Waals surface area contributed by atoms with E-state index in [9.17, 15) is 22.0 Å². The number of halogens is 7. The van der Waals surface area contributed by atoms with Crippen molar-refractivity contribution >= 4 is 27.5 Å². The van der Waals surface area contributed by atoms with Gasteiger partial charge in [-0.05, 0) is 17.7 Å². The average molecular weight is 354 g/mol. The number of hydrogen-bond acceptors (Lipinski definition) is 1. The van der Waals surface area contributed by atoms with E-state index in [1.54, 1.807) is 0 Å². The minimum atomic E-state index is -5.65. The summed E-state index contributed by atoms with van der Waals surface area (Å²) < 4.78 is 67.5. The molecule has 0 saturated carbocycles. The van der Waals surface area contributed by atoms with Gasteiger partial charge in [0.2, 0.25) is 0 Å². The molecule has 0 fully saturated rings. The molecule has 0 spiro atoms. The number of rotatable bonds is 3. The average Bonchev–Trinajstić information content (AvgIpc) is 2.26. The third-order valence-electron chi connectivity index (χ3n) is 2.16. The molecular formula is C10H7BrClF5O. The molecule has 1 aromatic carbocycles. The molecule has 1 nitrogen and oxygen atoms in total. The Morgan fingerprint density at radius 3 is 2.17 bits per heavy atom. The zero-order valence-corrected chi connectivity index (χ0v) is 11.2. The fourth-order valence-corrected chi connectivity index (χ4v) is 2.00. The lowest BCUT2D eigenvalue weighted by molar-refractivity contribution is -0.281. The summed E-state index contributed by atoms with van der Waals surface area (Å²) in [4.78, 5) is -2.21. The Morgan fingerprint density at radius 2 is 1.78 bits per heavy atom. The molecule has 0 amide bonds. The molecule has 0 heterocycles. The molecule has 0 bridgehead atoms. The highest BCUT2D eigenvalue weighted by Gasteiger charge is 2.62. The molecule has 0 aliphatic carbocycles. The van der Waals surface area contributed by atoms with Crippen LogP contribution in [-0.4, -0.2) is 19.2 Å². The Bertz CT molecular complexity index is 435. The maximum Gasteiger partial charge on any atom is 0.454 e. The van der Waals surface area contributed by atoms with Crippen LogP contribution in [0.5, 0.6) is 5.75 Å². The van der Waals surface area contributed by atoms with Crippen LogP contribution in [0.2, 0.25) is 5.02 Å². The molecule has 0 N–H and O–H groups in total. The van der Waals surface area contributed by atoms with Crippen LogP contribution in [0.15, 0.2) is 18.2 Å². The molecule has 18 heavy (non-hydrogen) atoms. The summed E-state index contributed by atoms with van der Waals surface area (Å²) in [5.74, 6) is -4.71. The van der Waals surface area contributed by atoms with Gasteiger partial charge in [0.05, 0.1) is 12.1 Å². The van der Waals surface area contributed by atoms with E-state index in [2.05, 4.69) is 15.9 Å². The van der Waals surface area contributed by atoms with Crippen molar-refractivity contribution in [2.75, 3.05) is 7.11 Å². The van der Waals surface area contributed by atoms with Gasteiger partial charge in [-0.2, -0.15) is 22.0 Å². The fraction of sp³-hybridized carbons (Fsp3) is 0.400. The van der Waals surface area contributed by atoms with Gasteiger partial charge >= 0.3 is 12.1 Å². The summed E-state index contributed by atoms with van der Waals surface area (Å²) in [6, 6.07) is 3.31. The highest BCUT2D eigenvalue weighted by molar-refractivity contribution is 9.09. The van der Waals surface area contributed by atoms with Crippen molar-refractivity contribution in [1.29, 1.82) is 0 Å². The summed E-state index contributed by atoms with van der Waals surface area (Å²) in [5, 5.41) is -0.0441. The van der Waals surface area contributed by atoms with Gasteiger partial charge < -0.3 is 4.74 Å². The van der Waals surface area contributed by atoms with E-state index in [1.807, 2.05) is 0 Å². The lowest BCUT2D eigenvalue weighted by Gasteiger charge is -2.25. The van der Waals surface area contributed by atoms with Crippen LogP contribution < -0.4 is 4.74 Å². The quantitative estimate of drug-likeness (QED) is 0.550. The van der Waals surface area contributed by atoms with E-state index < -0.39 is 16.9 Å². The molecule has 0 aliphatic heterocycles. The number of ether oxygens (including phenoxy) is 1. The summed E-state index contributed by atoms with van der Waals surface area (Å²) in [5.41, 5.74) is -0.289. The molecular weight excluding hydrogens is 346 g/mol. The third kappa shape index (κ3) is 2.88. The second-order valence-electron chi connectivity index (χ2n) is 3.38. The van der Waals surface area contributed by atoms with Crippen molar-refractivity contribution in [3.63, 3.8) is 0 Å². The van der Waals surface area contributed by atoms with Crippen molar-refractivity contribution in [1.82, 2.24) is 0 Å². The topological polar surface area (TPSA) is 9.23 Å². The lowest BCUT2D eigenvalue weighted by Crippen LogP contribution is -2.39. The number of methoxy groups -OCH3 is 1. The van der Waals surface area contributed by atoms with Crippen molar-refractivity contribution in [3.05, 3.63) is 28.8 Å². The van der Waals surface area contributed by atoms with Gasteiger partial charge in [0.25, 0.3) is 0 Å². The summed E-state index contributed by atoms with van der Waals surface area (Å²) >= 11 is 8.02. The summed E-state index contributed by atoms with van der Waals surface area (Å²) in [6.45, 7) is 0. The number of alkyl halides is 6. The normalized spacial score (nSPS) is 14.4. The van der Waals surface area contributed by atoms with Gasteiger partial charge in [0.15, 0.2) is 0 Å². The van der Waals surface area contributed by atoms with Crippen LogP contribution in [0.4, 0.5) is 22.0 Å². The van der Waals surface area contributed by atoms with E-state index in [1.165, 1.54) is 13.2 Å². The first-order valence-electron chi connectivity index (χ1n) is 4.53. The van der Waals surface area contributed by atoms with E-state index in [-0.39, 0.29) is 16.3 Å². The molecule has 0 aliphatic rings. The highest BCUT2D eigenvalue weighted by Crippen LogP contribution is 2.49. The van der Waals surface area contributed by atoms with Crippen molar-refractivity contribution in [3.8, 4) is 5.75 Å². The molecule has 102 valence electrons. The van der Waals surface area contributed by atoms with E-state index >= 15 is 0 Å². The standard InChI is InChI=1S/C10H7BrClF5O/c1-18-7-3-2-5(4-6(7)12)8(11)9(13,14)10(15,16)17/h2-4,8H,1H3. The largest absolute Gasteiger partial charge is 0.495 e. The molecule has 0 aromatic heterocycles. The monoisotopic (exact) mass is 352 g/mol. The first-order chi connectivity index (χ1) is 8.11. The molecule has 1 atom stereocenters. The van der Waals surface area contributed by atoms with Crippen molar-refractivity contribution in [2.24, 2.45) is 0 Å². The Labute approximate surface area is 113 Å². The van der Waals surface area contributed by atoms with Crippen LogP contribution in [0.25, 0.3) is 0 Å². The van der Waals surface area contributed by atoms with E-state index in [0.717, 1.165) is 12.1 Å². The predicted molar refractivity (Wildman–Crippen MR) is 60.7 cm³/mol. The summed E-state index contributed by atoms with van der Waals surface area (Å²) in [7, 11) is 1.30. The van der Waals surface area contributed by atoms with Gasteiger partial charge in [-0.3, -0.25) is 0 Å². The Morgan fingerprint density at radius 1 is 1.22 bits per heavy atom. The van der Waals surface area contributed by atoms with Crippen LogP contribution in [0.3, 0.4) is 0 Å². The van der Waals surface area contributed by atoms with Crippen molar-refractivity contribution < 1.29 is 26.7 Å². The number of benzene rings is 1. The molecule has 0 radical (unpaired) electrons. The zero-order valence-electron chi connectivity index (χ0n) is 8.86. The van der Waals surface area contributed by atoms with Gasteiger partial charge in [-0.25, -0.2) is 0 Å². The minimum absolute atomic E-state index is 0.0441. The molecule has 1 aromatic rings. The molecule has 1 unspecified atom stereocenters. The third-order valence-corrected chi connectivity index (χ3v) is 3.56. The number of hydrogen-bond donors (Lipinski definition) is 0. The second kappa shape index (κ2) is 5.21. The predicted octanol–water partition coefficient (Wildman–Crippen LogP) is 4.98. The van der Waals surface area contributed by atoms with Crippen LogP contribution in [-0.2, 0) is 0 Å². The second-order valence-corrected chi connectivity index (χ2v) is 4.70. The van der Waals surface area contributed by atoms with E-state index in [4.69, 9.17) is 16.3 Å².